The van der Waals surface area contributed by atoms with Crippen molar-refractivity contribution in [3.05, 3.63) is 28.2 Å². The summed E-state index contributed by atoms with van der Waals surface area (Å²) in [5, 5.41) is 12.2. The lowest BCUT2D eigenvalue weighted by molar-refractivity contribution is -0.123. The molecule has 1 rings (SSSR count). The van der Waals surface area contributed by atoms with E-state index >= 15 is 0 Å². The van der Waals surface area contributed by atoms with Crippen LogP contribution in [-0.2, 0) is 4.79 Å². The third-order valence-corrected chi connectivity index (χ3v) is 2.31. The Balaban J connectivity index is 2.78. The standard InChI is InChI=1S/C9H9Cl2NO2/c1-5(13)9(14)12-6-2-3-7(10)8(11)4-6/h2-5,13H,1H3,(H,12,14). The minimum absolute atomic E-state index is 0.357. The van der Waals surface area contributed by atoms with Gasteiger partial charge >= 0.3 is 0 Å². The molecule has 1 aromatic rings. The normalized spacial score (nSPS) is 12.3. The highest BCUT2D eigenvalue weighted by Crippen LogP contribution is 2.24. The summed E-state index contributed by atoms with van der Waals surface area (Å²) in [6, 6.07) is 4.69. The molecule has 0 spiro atoms. The monoisotopic (exact) mass is 233 g/mol. The van der Waals surface area contributed by atoms with E-state index in [0.717, 1.165) is 0 Å². The van der Waals surface area contributed by atoms with Crippen LogP contribution < -0.4 is 5.32 Å². The van der Waals surface area contributed by atoms with Crippen LogP contribution in [0.25, 0.3) is 0 Å². The molecule has 0 heterocycles. The third kappa shape index (κ3) is 2.87. The molecule has 0 aliphatic heterocycles. The van der Waals surface area contributed by atoms with Crippen LogP contribution in [0.2, 0.25) is 10.0 Å². The van der Waals surface area contributed by atoms with Gasteiger partial charge in [0, 0.05) is 5.69 Å². The van der Waals surface area contributed by atoms with E-state index in [-0.39, 0.29) is 0 Å². The van der Waals surface area contributed by atoms with E-state index < -0.39 is 12.0 Å². The summed E-state index contributed by atoms with van der Waals surface area (Å²) < 4.78 is 0. The zero-order chi connectivity index (χ0) is 10.7. The highest BCUT2D eigenvalue weighted by molar-refractivity contribution is 6.42. The number of carbonyl (C=O) groups is 1. The number of hydrogen-bond donors (Lipinski definition) is 2. The molecular weight excluding hydrogens is 225 g/mol. The van der Waals surface area contributed by atoms with Gasteiger partial charge in [0.05, 0.1) is 10.0 Å². The van der Waals surface area contributed by atoms with E-state index in [1.165, 1.54) is 13.0 Å². The molecule has 0 radical (unpaired) electrons. The van der Waals surface area contributed by atoms with Crippen molar-refractivity contribution >= 4 is 34.8 Å². The number of carbonyl (C=O) groups excluding carboxylic acids is 1. The van der Waals surface area contributed by atoms with Crippen LogP contribution in [0.4, 0.5) is 5.69 Å². The molecule has 5 heteroatoms. The maximum Gasteiger partial charge on any atom is 0.252 e. The number of benzene rings is 1. The van der Waals surface area contributed by atoms with E-state index in [1.807, 2.05) is 0 Å². The van der Waals surface area contributed by atoms with Crippen LogP contribution in [0.3, 0.4) is 0 Å². The highest BCUT2D eigenvalue weighted by Gasteiger charge is 2.09. The zero-order valence-electron chi connectivity index (χ0n) is 7.42. The molecular formula is C9H9Cl2NO2. The molecule has 2 N–H and O–H groups in total. The van der Waals surface area contributed by atoms with Gasteiger partial charge in [0.25, 0.3) is 5.91 Å². The second-order valence-corrected chi connectivity index (χ2v) is 3.61. The number of rotatable bonds is 2. The van der Waals surface area contributed by atoms with Gasteiger partial charge in [-0.05, 0) is 25.1 Å². The summed E-state index contributed by atoms with van der Waals surface area (Å²) in [6.45, 7) is 1.38. The molecule has 1 atom stereocenters. The average Bonchev–Trinajstić information content (AvgIpc) is 2.11. The fourth-order valence-corrected chi connectivity index (χ4v) is 1.12. The molecule has 0 fully saturated rings. The Kier molecular flexibility index (Phi) is 3.75. The fraction of sp³-hybridized carbons (Fsp3) is 0.222. The largest absolute Gasteiger partial charge is 0.384 e. The van der Waals surface area contributed by atoms with E-state index in [2.05, 4.69) is 5.32 Å². The molecule has 0 aliphatic carbocycles. The molecule has 76 valence electrons. The molecule has 0 saturated heterocycles. The summed E-state index contributed by atoms with van der Waals surface area (Å²) in [6.07, 6.45) is -1.05. The van der Waals surface area contributed by atoms with Gasteiger partial charge in [-0.25, -0.2) is 0 Å². The number of amides is 1. The molecule has 0 aromatic heterocycles. The van der Waals surface area contributed by atoms with Crippen molar-refractivity contribution in [2.24, 2.45) is 0 Å². The van der Waals surface area contributed by atoms with Gasteiger partial charge in [0.1, 0.15) is 6.10 Å². The van der Waals surface area contributed by atoms with Crippen LogP contribution in [0.15, 0.2) is 18.2 Å². The molecule has 1 aromatic carbocycles. The van der Waals surface area contributed by atoms with E-state index in [1.54, 1.807) is 12.1 Å². The minimum Gasteiger partial charge on any atom is -0.384 e. The summed E-state index contributed by atoms with van der Waals surface area (Å²) in [4.78, 5) is 11.1. The molecule has 1 unspecified atom stereocenters. The first-order valence-electron chi connectivity index (χ1n) is 3.94. The lowest BCUT2D eigenvalue weighted by Crippen LogP contribution is -2.24. The molecule has 14 heavy (non-hydrogen) atoms. The minimum atomic E-state index is -1.05. The zero-order valence-corrected chi connectivity index (χ0v) is 8.93. The summed E-state index contributed by atoms with van der Waals surface area (Å²) in [5.74, 6) is -0.483. The first-order chi connectivity index (χ1) is 6.50. The summed E-state index contributed by atoms with van der Waals surface area (Å²) >= 11 is 11.4. The maximum atomic E-state index is 11.1. The lowest BCUT2D eigenvalue weighted by atomic mass is 10.3. The van der Waals surface area contributed by atoms with Crippen molar-refractivity contribution in [2.75, 3.05) is 5.32 Å². The topological polar surface area (TPSA) is 49.3 Å². The van der Waals surface area contributed by atoms with Gasteiger partial charge in [-0.2, -0.15) is 0 Å². The highest BCUT2D eigenvalue weighted by atomic mass is 35.5. The number of hydrogen-bond acceptors (Lipinski definition) is 2. The van der Waals surface area contributed by atoms with Crippen molar-refractivity contribution in [1.82, 2.24) is 0 Å². The quantitative estimate of drug-likeness (QED) is 0.824. The Morgan fingerprint density at radius 3 is 2.57 bits per heavy atom. The first kappa shape index (κ1) is 11.3. The Bertz CT molecular complexity index is 353. The molecule has 0 saturated carbocycles. The Labute approximate surface area is 91.6 Å². The van der Waals surface area contributed by atoms with E-state index in [0.29, 0.717) is 15.7 Å². The van der Waals surface area contributed by atoms with Gasteiger partial charge < -0.3 is 10.4 Å². The SMILES string of the molecule is CC(O)C(=O)Nc1ccc(Cl)c(Cl)c1. The number of aliphatic hydroxyl groups excluding tert-OH is 1. The third-order valence-electron chi connectivity index (χ3n) is 1.57. The van der Waals surface area contributed by atoms with Gasteiger partial charge in [-0.15, -0.1) is 0 Å². The Morgan fingerprint density at radius 1 is 1.43 bits per heavy atom. The average molecular weight is 234 g/mol. The smallest absolute Gasteiger partial charge is 0.252 e. The second-order valence-electron chi connectivity index (χ2n) is 2.79. The molecule has 0 aliphatic rings. The van der Waals surface area contributed by atoms with Crippen molar-refractivity contribution < 1.29 is 9.90 Å². The van der Waals surface area contributed by atoms with Gasteiger partial charge in [-0.1, -0.05) is 23.2 Å². The fourth-order valence-electron chi connectivity index (χ4n) is 0.821. The first-order valence-corrected chi connectivity index (χ1v) is 4.70. The predicted octanol–water partition coefficient (Wildman–Crippen LogP) is 2.31. The molecule has 1 amide bonds. The van der Waals surface area contributed by atoms with Crippen LogP contribution in [0, 0.1) is 0 Å². The van der Waals surface area contributed by atoms with Gasteiger partial charge in [0.15, 0.2) is 0 Å². The second kappa shape index (κ2) is 4.64. The lowest BCUT2D eigenvalue weighted by Gasteiger charge is -2.07. The van der Waals surface area contributed by atoms with Crippen molar-refractivity contribution in [1.29, 1.82) is 0 Å². The number of aliphatic hydroxyl groups is 1. The Hall–Kier alpha value is -0.770. The van der Waals surface area contributed by atoms with Crippen LogP contribution in [0.5, 0.6) is 0 Å². The van der Waals surface area contributed by atoms with Gasteiger partial charge in [-0.3, -0.25) is 4.79 Å². The molecule has 3 nitrogen and oxygen atoms in total. The summed E-state index contributed by atoms with van der Waals surface area (Å²) in [5.41, 5.74) is 0.505. The van der Waals surface area contributed by atoms with Crippen LogP contribution >= 0.6 is 23.2 Å². The van der Waals surface area contributed by atoms with E-state index in [4.69, 9.17) is 28.3 Å². The maximum absolute atomic E-state index is 11.1. The van der Waals surface area contributed by atoms with Crippen molar-refractivity contribution in [2.45, 2.75) is 13.0 Å². The number of nitrogens with one attached hydrogen (secondary N) is 1. The van der Waals surface area contributed by atoms with Crippen LogP contribution in [0.1, 0.15) is 6.92 Å². The number of anilines is 1. The van der Waals surface area contributed by atoms with Crippen molar-refractivity contribution in [3.63, 3.8) is 0 Å². The number of halogens is 2. The van der Waals surface area contributed by atoms with Crippen LogP contribution in [-0.4, -0.2) is 17.1 Å². The van der Waals surface area contributed by atoms with Crippen molar-refractivity contribution in [3.8, 4) is 0 Å². The molecule has 0 bridgehead atoms. The summed E-state index contributed by atoms with van der Waals surface area (Å²) in [7, 11) is 0. The van der Waals surface area contributed by atoms with E-state index in [9.17, 15) is 4.79 Å². The Morgan fingerprint density at radius 2 is 2.07 bits per heavy atom. The predicted molar refractivity (Wildman–Crippen MR) is 56.8 cm³/mol. The van der Waals surface area contributed by atoms with Gasteiger partial charge in [0.2, 0.25) is 0 Å².